The van der Waals surface area contributed by atoms with E-state index in [2.05, 4.69) is 20.9 Å². The third kappa shape index (κ3) is 1.79. The maximum Gasteiger partial charge on any atom is 0.244 e. The summed E-state index contributed by atoms with van der Waals surface area (Å²) >= 11 is 3.40. The molecular weight excluding hydrogens is 294 g/mol. The number of nitrogens with zero attached hydrogens (tertiary/aromatic N) is 2. The van der Waals surface area contributed by atoms with Crippen molar-refractivity contribution in [1.29, 1.82) is 0 Å². The zero-order valence-electron chi connectivity index (χ0n) is 9.64. The number of aromatic nitrogens is 1. The number of hydrogen-bond donors (Lipinski definition) is 1. The molecule has 1 unspecified atom stereocenters. The first kappa shape index (κ1) is 11.6. The lowest BCUT2D eigenvalue weighted by Crippen LogP contribution is -2.34. The van der Waals surface area contributed by atoms with Crippen LogP contribution < -0.4 is 10.6 Å². The van der Waals surface area contributed by atoms with E-state index in [1.54, 1.807) is 11.1 Å². The SMILES string of the molecule is NC1CCN(c2cccc3cc(Br)cnc23)C1=O. The molecule has 1 aromatic carbocycles. The molecule has 1 aromatic heterocycles. The maximum atomic E-state index is 12.0. The van der Waals surface area contributed by atoms with E-state index >= 15 is 0 Å². The van der Waals surface area contributed by atoms with Crippen LogP contribution >= 0.6 is 15.9 Å². The summed E-state index contributed by atoms with van der Waals surface area (Å²) in [4.78, 5) is 18.1. The average Bonchev–Trinajstić information content (AvgIpc) is 2.69. The Morgan fingerprint density at radius 1 is 1.44 bits per heavy atom. The van der Waals surface area contributed by atoms with Crippen LogP contribution in [0.1, 0.15) is 6.42 Å². The zero-order valence-corrected chi connectivity index (χ0v) is 11.2. The van der Waals surface area contributed by atoms with E-state index in [1.807, 2.05) is 24.3 Å². The fourth-order valence-electron chi connectivity index (χ4n) is 2.28. The van der Waals surface area contributed by atoms with Crippen LogP contribution in [0.4, 0.5) is 5.69 Å². The molecule has 4 nitrogen and oxygen atoms in total. The third-order valence-corrected chi connectivity index (χ3v) is 3.63. The van der Waals surface area contributed by atoms with Gasteiger partial charge < -0.3 is 10.6 Å². The summed E-state index contributed by atoms with van der Waals surface area (Å²) in [6.45, 7) is 0.664. The van der Waals surface area contributed by atoms with Gasteiger partial charge >= 0.3 is 0 Å². The fourth-order valence-corrected chi connectivity index (χ4v) is 2.63. The average molecular weight is 306 g/mol. The first-order chi connectivity index (χ1) is 8.66. The Kier molecular flexibility index (Phi) is 2.80. The first-order valence-corrected chi connectivity index (χ1v) is 6.57. The van der Waals surface area contributed by atoms with Gasteiger partial charge in [0.15, 0.2) is 0 Å². The molecule has 2 N–H and O–H groups in total. The number of carbonyl (C=O) groups excluding carboxylic acids is 1. The summed E-state index contributed by atoms with van der Waals surface area (Å²) in [6, 6.07) is 7.45. The van der Waals surface area contributed by atoms with Crippen LogP contribution in [0.3, 0.4) is 0 Å². The molecule has 1 saturated heterocycles. The summed E-state index contributed by atoms with van der Waals surface area (Å²) in [7, 11) is 0. The van der Waals surface area contributed by atoms with Gasteiger partial charge in [0.05, 0.1) is 17.2 Å². The quantitative estimate of drug-likeness (QED) is 0.877. The van der Waals surface area contributed by atoms with Crippen LogP contribution in [0.2, 0.25) is 0 Å². The van der Waals surface area contributed by atoms with Gasteiger partial charge in [-0.2, -0.15) is 0 Å². The van der Waals surface area contributed by atoms with Crippen molar-refractivity contribution in [2.75, 3.05) is 11.4 Å². The van der Waals surface area contributed by atoms with Gasteiger partial charge in [-0.1, -0.05) is 12.1 Å². The Morgan fingerprint density at radius 2 is 2.28 bits per heavy atom. The minimum atomic E-state index is -0.379. The second-order valence-corrected chi connectivity index (χ2v) is 5.30. The molecule has 1 atom stereocenters. The second-order valence-electron chi connectivity index (χ2n) is 4.39. The van der Waals surface area contributed by atoms with Gasteiger partial charge in [0, 0.05) is 22.6 Å². The monoisotopic (exact) mass is 305 g/mol. The van der Waals surface area contributed by atoms with E-state index in [4.69, 9.17) is 5.73 Å². The van der Waals surface area contributed by atoms with Crippen LogP contribution in [-0.2, 0) is 4.79 Å². The van der Waals surface area contributed by atoms with E-state index in [9.17, 15) is 4.79 Å². The molecule has 1 aliphatic heterocycles. The standard InChI is InChI=1S/C13H12BrN3O/c14-9-6-8-2-1-3-11(12(8)16-7-9)17-5-4-10(15)13(17)18/h1-3,6-7,10H,4-5,15H2. The van der Waals surface area contributed by atoms with Gasteiger partial charge in [-0.05, 0) is 34.5 Å². The topological polar surface area (TPSA) is 59.2 Å². The predicted octanol–water partition coefficient (Wildman–Crippen LogP) is 2.06. The highest BCUT2D eigenvalue weighted by atomic mass is 79.9. The highest BCUT2D eigenvalue weighted by molar-refractivity contribution is 9.10. The van der Waals surface area contributed by atoms with Crippen LogP contribution in [0.25, 0.3) is 10.9 Å². The molecule has 2 heterocycles. The molecule has 0 spiro atoms. The van der Waals surface area contributed by atoms with Gasteiger partial charge in [0.1, 0.15) is 0 Å². The second kappa shape index (κ2) is 4.33. The number of nitrogens with two attached hydrogens (primary N) is 1. The summed E-state index contributed by atoms with van der Waals surface area (Å²) in [6.07, 6.45) is 2.44. The van der Waals surface area contributed by atoms with Gasteiger partial charge in [-0.3, -0.25) is 9.78 Å². The number of carbonyl (C=O) groups is 1. The van der Waals surface area contributed by atoms with E-state index in [1.165, 1.54) is 0 Å². The third-order valence-electron chi connectivity index (χ3n) is 3.19. The molecule has 0 aliphatic carbocycles. The van der Waals surface area contributed by atoms with Crippen molar-refractivity contribution in [2.45, 2.75) is 12.5 Å². The lowest BCUT2D eigenvalue weighted by molar-refractivity contribution is -0.118. The largest absolute Gasteiger partial charge is 0.320 e. The maximum absolute atomic E-state index is 12.0. The van der Waals surface area contributed by atoms with Crippen LogP contribution in [-0.4, -0.2) is 23.5 Å². The molecule has 0 bridgehead atoms. The van der Waals surface area contributed by atoms with Crippen molar-refractivity contribution < 1.29 is 4.79 Å². The molecule has 92 valence electrons. The summed E-state index contributed by atoms with van der Waals surface area (Å²) in [5.41, 5.74) is 7.44. The Hall–Kier alpha value is -1.46. The Bertz CT molecular complexity index is 629. The van der Waals surface area contributed by atoms with Crippen LogP contribution in [0.15, 0.2) is 34.9 Å². The number of para-hydroxylation sites is 1. The molecule has 1 fully saturated rings. The Balaban J connectivity index is 2.15. The Labute approximate surface area is 113 Å². The van der Waals surface area contributed by atoms with Gasteiger partial charge in [-0.15, -0.1) is 0 Å². The van der Waals surface area contributed by atoms with Crippen LogP contribution in [0, 0.1) is 0 Å². The molecule has 3 rings (SSSR count). The number of fused-ring (bicyclic) bond motifs is 1. The minimum absolute atomic E-state index is 0.0211. The molecule has 1 aliphatic rings. The van der Waals surface area contributed by atoms with Crippen molar-refractivity contribution >= 4 is 38.4 Å². The van der Waals surface area contributed by atoms with E-state index < -0.39 is 0 Å². The number of anilines is 1. The lowest BCUT2D eigenvalue weighted by atomic mass is 10.2. The van der Waals surface area contributed by atoms with Crippen molar-refractivity contribution in [3.05, 3.63) is 34.9 Å². The first-order valence-electron chi connectivity index (χ1n) is 5.78. The summed E-state index contributed by atoms with van der Waals surface area (Å²) < 4.78 is 0.927. The fraction of sp³-hybridized carbons (Fsp3) is 0.231. The van der Waals surface area contributed by atoms with Crippen molar-refractivity contribution in [2.24, 2.45) is 5.73 Å². The zero-order chi connectivity index (χ0) is 12.7. The van der Waals surface area contributed by atoms with E-state index in [-0.39, 0.29) is 11.9 Å². The number of pyridine rings is 1. The number of benzene rings is 1. The lowest BCUT2D eigenvalue weighted by Gasteiger charge is -2.17. The minimum Gasteiger partial charge on any atom is -0.320 e. The smallest absolute Gasteiger partial charge is 0.244 e. The number of amides is 1. The van der Waals surface area contributed by atoms with Gasteiger partial charge in [-0.25, -0.2) is 0 Å². The summed E-state index contributed by atoms with van der Waals surface area (Å²) in [5, 5.41) is 1.01. The molecule has 18 heavy (non-hydrogen) atoms. The predicted molar refractivity (Wildman–Crippen MR) is 74.4 cm³/mol. The number of hydrogen-bond acceptors (Lipinski definition) is 3. The van der Waals surface area contributed by atoms with Crippen LogP contribution in [0.5, 0.6) is 0 Å². The van der Waals surface area contributed by atoms with E-state index in [0.717, 1.165) is 21.1 Å². The molecule has 0 radical (unpaired) electrons. The van der Waals surface area contributed by atoms with Crippen molar-refractivity contribution in [3.63, 3.8) is 0 Å². The Morgan fingerprint density at radius 3 is 3.00 bits per heavy atom. The molecule has 1 amide bonds. The number of halogens is 1. The molecule has 5 heteroatoms. The highest BCUT2D eigenvalue weighted by Gasteiger charge is 2.30. The highest BCUT2D eigenvalue weighted by Crippen LogP contribution is 2.29. The van der Waals surface area contributed by atoms with Gasteiger partial charge in [0.25, 0.3) is 0 Å². The number of rotatable bonds is 1. The molecule has 0 saturated carbocycles. The molecule has 2 aromatic rings. The van der Waals surface area contributed by atoms with Gasteiger partial charge in [0.2, 0.25) is 5.91 Å². The molecular formula is C13H12BrN3O. The van der Waals surface area contributed by atoms with Crippen molar-refractivity contribution in [3.8, 4) is 0 Å². The normalized spacial score (nSPS) is 19.8. The van der Waals surface area contributed by atoms with Crippen molar-refractivity contribution in [1.82, 2.24) is 4.98 Å². The summed E-state index contributed by atoms with van der Waals surface area (Å²) in [5.74, 6) is -0.0211. The van der Waals surface area contributed by atoms with E-state index in [0.29, 0.717) is 13.0 Å².